The normalized spacial score (nSPS) is 41.2. The molecule has 1 atom stereocenters. The van der Waals surface area contributed by atoms with E-state index in [0.29, 0.717) is 22.4 Å². The summed E-state index contributed by atoms with van der Waals surface area (Å²) in [5.41, 5.74) is 1.23. The number of carbonyl (C=O) groups excluding carboxylic acids is 1. The Morgan fingerprint density at radius 1 is 1.19 bits per heavy atom. The Bertz CT molecular complexity index is 370. The smallest absolute Gasteiger partial charge is 0.219 e. The Labute approximate surface area is 96.6 Å². The summed E-state index contributed by atoms with van der Waals surface area (Å²) < 4.78 is 0. The van der Waals surface area contributed by atoms with Crippen LogP contribution in [0.5, 0.6) is 0 Å². The maximum Gasteiger partial charge on any atom is 0.219 e. The van der Waals surface area contributed by atoms with E-state index in [-0.39, 0.29) is 0 Å². The molecule has 0 aromatic carbocycles. The number of nitrogens with zero attached hydrogens (tertiary/aromatic N) is 1. The number of likely N-dealkylation sites (tertiary alicyclic amines) is 1. The Balaban J connectivity index is 1.62. The van der Waals surface area contributed by atoms with Gasteiger partial charge in [-0.15, -0.1) is 0 Å². The Morgan fingerprint density at radius 2 is 1.94 bits per heavy atom. The monoisotopic (exact) mass is 220 g/mol. The van der Waals surface area contributed by atoms with Crippen molar-refractivity contribution < 1.29 is 4.79 Å². The number of amides is 1. The van der Waals surface area contributed by atoms with Crippen LogP contribution in [0, 0.1) is 5.41 Å². The van der Waals surface area contributed by atoms with Gasteiger partial charge in [0, 0.05) is 36.5 Å². The van der Waals surface area contributed by atoms with Crippen molar-refractivity contribution in [3.63, 3.8) is 0 Å². The van der Waals surface area contributed by atoms with Crippen molar-refractivity contribution in [2.75, 3.05) is 13.1 Å². The molecule has 2 saturated carbocycles. The minimum atomic E-state index is 0.297. The molecule has 4 aliphatic rings. The molecular formula is C13H20N2O. The lowest BCUT2D eigenvalue weighted by Gasteiger charge is -2.23. The average molecular weight is 220 g/mol. The lowest BCUT2D eigenvalue weighted by atomic mass is 9.82. The zero-order valence-electron chi connectivity index (χ0n) is 10.0. The van der Waals surface area contributed by atoms with E-state index in [0.717, 1.165) is 13.1 Å². The SMILES string of the molecule is CC(=O)N1CC2(CNC3(CC3)C2)CC12CC2. The molecular weight excluding hydrogens is 200 g/mol. The van der Waals surface area contributed by atoms with E-state index in [4.69, 9.17) is 0 Å². The predicted molar refractivity (Wildman–Crippen MR) is 61.0 cm³/mol. The highest BCUT2D eigenvalue weighted by molar-refractivity contribution is 5.75. The van der Waals surface area contributed by atoms with Crippen LogP contribution >= 0.6 is 0 Å². The number of hydrogen-bond donors (Lipinski definition) is 1. The maximum atomic E-state index is 11.7. The second kappa shape index (κ2) is 2.47. The molecule has 3 nitrogen and oxygen atoms in total. The first-order valence-electron chi connectivity index (χ1n) is 6.61. The van der Waals surface area contributed by atoms with Gasteiger partial charge in [-0.1, -0.05) is 0 Å². The van der Waals surface area contributed by atoms with Gasteiger partial charge >= 0.3 is 0 Å². The molecule has 1 amide bonds. The Kier molecular flexibility index (Phi) is 1.46. The van der Waals surface area contributed by atoms with E-state index in [1.54, 1.807) is 6.92 Å². The minimum Gasteiger partial charge on any atom is -0.337 e. The largest absolute Gasteiger partial charge is 0.337 e. The summed E-state index contributed by atoms with van der Waals surface area (Å²) >= 11 is 0. The van der Waals surface area contributed by atoms with Crippen LogP contribution in [0.15, 0.2) is 0 Å². The van der Waals surface area contributed by atoms with Crippen molar-refractivity contribution >= 4 is 5.91 Å². The van der Waals surface area contributed by atoms with Gasteiger partial charge in [-0.2, -0.15) is 0 Å². The van der Waals surface area contributed by atoms with Gasteiger partial charge < -0.3 is 10.2 Å². The van der Waals surface area contributed by atoms with Crippen molar-refractivity contribution in [2.45, 2.75) is 56.5 Å². The van der Waals surface area contributed by atoms with E-state index < -0.39 is 0 Å². The van der Waals surface area contributed by atoms with Crippen LogP contribution < -0.4 is 5.32 Å². The topological polar surface area (TPSA) is 32.3 Å². The molecule has 2 aliphatic carbocycles. The zero-order chi connectivity index (χ0) is 11.0. The van der Waals surface area contributed by atoms with Gasteiger partial charge in [0.1, 0.15) is 0 Å². The van der Waals surface area contributed by atoms with Crippen LogP contribution in [0.4, 0.5) is 0 Å². The third-order valence-electron chi connectivity index (χ3n) is 5.38. The summed E-state index contributed by atoms with van der Waals surface area (Å²) in [4.78, 5) is 13.9. The number of rotatable bonds is 0. The van der Waals surface area contributed by atoms with Gasteiger partial charge in [-0.25, -0.2) is 0 Å². The second-order valence-electron chi connectivity index (χ2n) is 6.82. The van der Waals surface area contributed by atoms with Crippen LogP contribution in [-0.2, 0) is 4.79 Å². The fourth-order valence-corrected chi connectivity index (χ4v) is 4.35. The van der Waals surface area contributed by atoms with Crippen molar-refractivity contribution in [2.24, 2.45) is 5.41 Å². The summed E-state index contributed by atoms with van der Waals surface area (Å²) in [6.45, 7) is 3.92. The van der Waals surface area contributed by atoms with Gasteiger partial charge in [-0.3, -0.25) is 4.79 Å². The van der Waals surface area contributed by atoms with Crippen molar-refractivity contribution in [1.29, 1.82) is 0 Å². The van der Waals surface area contributed by atoms with Gasteiger partial charge in [0.05, 0.1) is 0 Å². The Hall–Kier alpha value is -0.570. The third-order valence-corrected chi connectivity index (χ3v) is 5.38. The van der Waals surface area contributed by atoms with E-state index in [2.05, 4.69) is 10.2 Å². The van der Waals surface area contributed by atoms with Gasteiger partial charge in [0.15, 0.2) is 0 Å². The highest BCUT2D eigenvalue weighted by Crippen LogP contribution is 2.61. The molecule has 88 valence electrons. The molecule has 2 saturated heterocycles. The van der Waals surface area contributed by atoms with E-state index in [9.17, 15) is 4.79 Å². The molecule has 3 spiro atoms. The summed E-state index contributed by atoms with van der Waals surface area (Å²) in [6.07, 6.45) is 7.83. The summed E-state index contributed by atoms with van der Waals surface area (Å²) in [6, 6.07) is 0. The van der Waals surface area contributed by atoms with Crippen LogP contribution in [0.1, 0.15) is 45.4 Å². The predicted octanol–water partition coefficient (Wildman–Crippen LogP) is 1.28. The van der Waals surface area contributed by atoms with Crippen LogP contribution in [0.25, 0.3) is 0 Å². The standard InChI is InChI=1S/C13H20N2O/c1-10(16)15-9-11(7-13(15)4-5-13)6-12(2-3-12)14-8-11/h14H,2-9H2,1H3. The summed E-state index contributed by atoms with van der Waals surface area (Å²) in [7, 11) is 0. The number of hydrogen-bond acceptors (Lipinski definition) is 2. The molecule has 2 aliphatic heterocycles. The molecule has 0 radical (unpaired) electrons. The lowest BCUT2D eigenvalue weighted by molar-refractivity contribution is -0.130. The average Bonchev–Trinajstić information content (AvgIpc) is 3.05. The van der Waals surface area contributed by atoms with E-state index in [1.165, 1.54) is 38.5 Å². The third kappa shape index (κ3) is 1.10. The molecule has 2 heterocycles. The molecule has 0 bridgehead atoms. The van der Waals surface area contributed by atoms with Crippen molar-refractivity contribution in [1.82, 2.24) is 10.2 Å². The summed E-state index contributed by atoms with van der Waals surface area (Å²) in [5, 5.41) is 3.73. The zero-order valence-corrected chi connectivity index (χ0v) is 10.0. The van der Waals surface area contributed by atoms with Crippen molar-refractivity contribution in [3.8, 4) is 0 Å². The van der Waals surface area contributed by atoms with Crippen LogP contribution in [-0.4, -0.2) is 35.0 Å². The fourth-order valence-electron chi connectivity index (χ4n) is 4.35. The first-order valence-corrected chi connectivity index (χ1v) is 6.61. The molecule has 4 rings (SSSR count). The molecule has 1 unspecified atom stereocenters. The minimum absolute atomic E-state index is 0.297. The first-order chi connectivity index (χ1) is 7.57. The quantitative estimate of drug-likeness (QED) is 0.667. The van der Waals surface area contributed by atoms with Gasteiger partial charge in [0.25, 0.3) is 0 Å². The Morgan fingerprint density at radius 3 is 2.38 bits per heavy atom. The maximum absolute atomic E-state index is 11.7. The van der Waals surface area contributed by atoms with Crippen LogP contribution in [0.2, 0.25) is 0 Å². The highest BCUT2D eigenvalue weighted by atomic mass is 16.2. The molecule has 16 heavy (non-hydrogen) atoms. The first kappa shape index (κ1) is 9.46. The molecule has 3 heteroatoms. The highest BCUT2D eigenvalue weighted by Gasteiger charge is 2.65. The number of nitrogens with one attached hydrogen (secondary N) is 1. The fraction of sp³-hybridized carbons (Fsp3) is 0.923. The van der Waals surface area contributed by atoms with Gasteiger partial charge in [0.2, 0.25) is 5.91 Å². The van der Waals surface area contributed by atoms with Crippen molar-refractivity contribution in [3.05, 3.63) is 0 Å². The van der Waals surface area contributed by atoms with Crippen LogP contribution in [0.3, 0.4) is 0 Å². The lowest BCUT2D eigenvalue weighted by Crippen LogP contribution is -2.36. The second-order valence-corrected chi connectivity index (χ2v) is 6.82. The summed E-state index contributed by atoms with van der Waals surface area (Å²) in [5.74, 6) is 0.297. The molecule has 1 N–H and O–H groups in total. The molecule has 4 fully saturated rings. The number of carbonyl (C=O) groups is 1. The van der Waals surface area contributed by atoms with E-state index >= 15 is 0 Å². The molecule has 0 aromatic rings. The van der Waals surface area contributed by atoms with Gasteiger partial charge in [-0.05, 0) is 38.5 Å². The molecule has 0 aromatic heterocycles. The van der Waals surface area contributed by atoms with E-state index in [1.807, 2.05) is 0 Å².